The van der Waals surface area contributed by atoms with E-state index in [1.54, 1.807) is 0 Å². The third kappa shape index (κ3) is 4.69. The van der Waals surface area contributed by atoms with Gasteiger partial charge in [-0.05, 0) is 51.3 Å². The molecule has 2 aromatic rings. The van der Waals surface area contributed by atoms with Crippen molar-refractivity contribution in [2.24, 2.45) is 5.92 Å². The van der Waals surface area contributed by atoms with Gasteiger partial charge in [-0.3, -0.25) is 9.69 Å². The second-order valence-corrected chi connectivity index (χ2v) is 8.62. The molecule has 1 aliphatic heterocycles. The van der Waals surface area contributed by atoms with Gasteiger partial charge >= 0.3 is 0 Å². The van der Waals surface area contributed by atoms with E-state index in [4.69, 9.17) is 4.52 Å². The SMILES string of the molecule is Cc1ccccc1-c1noc(CN2CCC(C(=O)N(C)C3CCCCC3)CC2)n1. The number of aromatic nitrogens is 2. The summed E-state index contributed by atoms with van der Waals surface area (Å²) in [6.45, 7) is 4.50. The van der Waals surface area contributed by atoms with Crippen LogP contribution in [0.15, 0.2) is 28.8 Å². The maximum atomic E-state index is 12.9. The Kier molecular flexibility index (Phi) is 6.28. The Morgan fingerprint density at radius 2 is 1.86 bits per heavy atom. The Bertz CT molecular complexity index is 820. The van der Waals surface area contributed by atoms with Crippen LogP contribution in [-0.4, -0.2) is 52.0 Å². The summed E-state index contributed by atoms with van der Waals surface area (Å²) in [5.41, 5.74) is 2.15. The highest BCUT2D eigenvalue weighted by Gasteiger charge is 2.31. The first kappa shape index (κ1) is 20.1. The van der Waals surface area contributed by atoms with E-state index in [-0.39, 0.29) is 5.92 Å². The number of hydrogen-bond donors (Lipinski definition) is 0. The van der Waals surface area contributed by atoms with Crippen LogP contribution in [0.4, 0.5) is 0 Å². The van der Waals surface area contributed by atoms with Gasteiger partial charge in [0.15, 0.2) is 0 Å². The molecule has 1 saturated heterocycles. The predicted octanol–water partition coefficient (Wildman–Crippen LogP) is 4.05. The number of piperidine rings is 1. The van der Waals surface area contributed by atoms with Crippen LogP contribution in [0.3, 0.4) is 0 Å². The Balaban J connectivity index is 1.29. The molecule has 1 amide bonds. The van der Waals surface area contributed by atoms with Crippen molar-refractivity contribution in [1.29, 1.82) is 0 Å². The first-order valence-electron chi connectivity index (χ1n) is 11.0. The predicted molar refractivity (Wildman–Crippen MR) is 112 cm³/mol. The summed E-state index contributed by atoms with van der Waals surface area (Å²) in [5.74, 6) is 1.80. The van der Waals surface area contributed by atoms with Gasteiger partial charge in [-0.25, -0.2) is 0 Å². The molecule has 156 valence electrons. The lowest BCUT2D eigenvalue weighted by atomic mass is 9.91. The molecule has 2 aliphatic rings. The molecule has 0 radical (unpaired) electrons. The molecule has 29 heavy (non-hydrogen) atoms. The maximum Gasteiger partial charge on any atom is 0.241 e. The molecule has 0 atom stereocenters. The average Bonchev–Trinajstić information content (AvgIpc) is 3.22. The summed E-state index contributed by atoms with van der Waals surface area (Å²) in [5, 5.41) is 4.16. The van der Waals surface area contributed by atoms with Gasteiger partial charge in [0.05, 0.1) is 6.54 Å². The maximum absolute atomic E-state index is 12.9. The van der Waals surface area contributed by atoms with Crippen LogP contribution in [0.2, 0.25) is 0 Å². The van der Waals surface area contributed by atoms with E-state index in [9.17, 15) is 4.79 Å². The molecule has 0 spiro atoms. The molecule has 0 unspecified atom stereocenters. The van der Waals surface area contributed by atoms with Crippen molar-refractivity contribution in [2.45, 2.75) is 64.5 Å². The number of aryl methyl sites for hydroxylation is 1. The molecule has 2 heterocycles. The number of benzene rings is 1. The largest absolute Gasteiger partial charge is 0.343 e. The lowest BCUT2D eigenvalue weighted by Gasteiger charge is -2.36. The summed E-state index contributed by atoms with van der Waals surface area (Å²) in [7, 11) is 2.01. The molecule has 1 saturated carbocycles. The Morgan fingerprint density at radius 3 is 2.59 bits per heavy atom. The van der Waals surface area contributed by atoms with E-state index in [0.29, 0.717) is 30.2 Å². The van der Waals surface area contributed by atoms with Gasteiger partial charge in [-0.2, -0.15) is 4.98 Å². The molecule has 2 fully saturated rings. The highest BCUT2D eigenvalue weighted by Crippen LogP contribution is 2.26. The normalized spacial score (nSPS) is 19.4. The molecule has 4 rings (SSSR count). The van der Waals surface area contributed by atoms with Crippen LogP contribution >= 0.6 is 0 Å². The van der Waals surface area contributed by atoms with Gasteiger partial charge in [-0.1, -0.05) is 48.7 Å². The quantitative estimate of drug-likeness (QED) is 0.763. The van der Waals surface area contributed by atoms with Crippen molar-refractivity contribution in [3.63, 3.8) is 0 Å². The molecule has 0 bridgehead atoms. The molecular formula is C23H32N4O2. The number of carbonyl (C=O) groups is 1. The van der Waals surface area contributed by atoms with Crippen LogP contribution < -0.4 is 0 Å². The van der Waals surface area contributed by atoms with Gasteiger partial charge in [-0.15, -0.1) is 0 Å². The number of rotatable bonds is 5. The fourth-order valence-corrected chi connectivity index (χ4v) is 4.72. The zero-order chi connectivity index (χ0) is 20.2. The number of amides is 1. The molecule has 1 aromatic heterocycles. The lowest BCUT2D eigenvalue weighted by Crippen LogP contribution is -2.45. The van der Waals surface area contributed by atoms with Gasteiger partial charge in [0, 0.05) is 24.6 Å². The van der Waals surface area contributed by atoms with Crippen molar-refractivity contribution >= 4 is 5.91 Å². The zero-order valence-corrected chi connectivity index (χ0v) is 17.6. The van der Waals surface area contributed by atoms with Crippen molar-refractivity contribution in [1.82, 2.24) is 19.9 Å². The van der Waals surface area contributed by atoms with Crippen LogP contribution in [0, 0.1) is 12.8 Å². The fraction of sp³-hybridized carbons (Fsp3) is 0.609. The topological polar surface area (TPSA) is 62.5 Å². The average molecular weight is 397 g/mol. The molecular weight excluding hydrogens is 364 g/mol. The molecule has 6 heteroatoms. The minimum atomic E-state index is 0.156. The van der Waals surface area contributed by atoms with Crippen LogP contribution in [0.1, 0.15) is 56.4 Å². The highest BCUT2D eigenvalue weighted by molar-refractivity contribution is 5.79. The zero-order valence-electron chi connectivity index (χ0n) is 17.6. The van der Waals surface area contributed by atoms with E-state index < -0.39 is 0 Å². The summed E-state index contributed by atoms with van der Waals surface area (Å²) >= 11 is 0. The Hall–Kier alpha value is -2.21. The van der Waals surface area contributed by atoms with E-state index in [2.05, 4.69) is 28.0 Å². The highest BCUT2D eigenvalue weighted by atomic mass is 16.5. The number of carbonyl (C=O) groups excluding carboxylic acids is 1. The first-order chi connectivity index (χ1) is 14.1. The van der Waals surface area contributed by atoms with Gasteiger partial charge in [0.2, 0.25) is 17.6 Å². The number of nitrogens with zero attached hydrogens (tertiary/aromatic N) is 4. The van der Waals surface area contributed by atoms with E-state index in [1.807, 2.05) is 30.1 Å². The van der Waals surface area contributed by atoms with Crippen molar-refractivity contribution < 1.29 is 9.32 Å². The summed E-state index contributed by atoms with van der Waals surface area (Å²) in [6.07, 6.45) is 8.00. The third-order valence-electron chi connectivity index (χ3n) is 6.62. The van der Waals surface area contributed by atoms with Crippen LogP contribution in [-0.2, 0) is 11.3 Å². The van der Waals surface area contributed by atoms with Crippen LogP contribution in [0.5, 0.6) is 0 Å². The number of hydrogen-bond acceptors (Lipinski definition) is 5. The second kappa shape index (κ2) is 9.08. The second-order valence-electron chi connectivity index (χ2n) is 8.62. The standard InChI is InChI=1S/C23H32N4O2/c1-17-8-6-7-11-20(17)22-24-21(29-25-22)16-27-14-12-18(13-15-27)23(28)26(2)19-9-4-3-5-10-19/h6-8,11,18-19H,3-5,9-10,12-16H2,1-2H3. The van der Waals surface area contributed by atoms with E-state index >= 15 is 0 Å². The van der Waals surface area contributed by atoms with E-state index in [1.165, 1.54) is 32.1 Å². The molecule has 0 N–H and O–H groups in total. The monoisotopic (exact) mass is 396 g/mol. The summed E-state index contributed by atoms with van der Waals surface area (Å²) < 4.78 is 5.49. The summed E-state index contributed by atoms with van der Waals surface area (Å²) in [4.78, 5) is 21.9. The lowest BCUT2D eigenvalue weighted by molar-refractivity contribution is -0.138. The minimum absolute atomic E-state index is 0.156. The van der Waals surface area contributed by atoms with Gasteiger partial charge in [0.25, 0.3) is 0 Å². The number of likely N-dealkylation sites (tertiary alicyclic amines) is 1. The Morgan fingerprint density at radius 1 is 1.14 bits per heavy atom. The smallest absolute Gasteiger partial charge is 0.241 e. The molecule has 1 aliphatic carbocycles. The Labute approximate surface area is 173 Å². The van der Waals surface area contributed by atoms with Gasteiger partial charge in [0.1, 0.15) is 0 Å². The van der Waals surface area contributed by atoms with E-state index in [0.717, 1.165) is 37.1 Å². The van der Waals surface area contributed by atoms with Crippen molar-refractivity contribution in [3.05, 3.63) is 35.7 Å². The van der Waals surface area contributed by atoms with Gasteiger partial charge < -0.3 is 9.42 Å². The summed E-state index contributed by atoms with van der Waals surface area (Å²) in [6, 6.07) is 8.52. The fourth-order valence-electron chi connectivity index (χ4n) is 4.72. The van der Waals surface area contributed by atoms with Crippen molar-refractivity contribution in [2.75, 3.05) is 20.1 Å². The molecule has 1 aromatic carbocycles. The first-order valence-corrected chi connectivity index (χ1v) is 11.0. The van der Waals surface area contributed by atoms with Crippen molar-refractivity contribution in [3.8, 4) is 11.4 Å². The minimum Gasteiger partial charge on any atom is -0.343 e. The third-order valence-corrected chi connectivity index (χ3v) is 6.62. The molecule has 6 nitrogen and oxygen atoms in total. The van der Waals surface area contributed by atoms with Crippen LogP contribution in [0.25, 0.3) is 11.4 Å².